The molecule has 7 heteroatoms. The van der Waals surface area contributed by atoms with Gasteiger partial charge in [0.05, 0.1) is 9.26 Å². The molecule has 4 nitrogen and oxygen atoms in total. The van der Waals surface area contributed by atoms with E-state index < -0.39 is 16.9 Å². The Balaban J connectivity index is 3.50. The van der Waals surface area contributed by atoms with Crippen LogP contribution in [0.2, 0.25) is 5.15 Å². The number of aromatic carboxylic acids is 1. The van der Waals surface area contributed by atoms with E-state index in [1.165, 1.54) is 0 Å². The lowest BCUT2D eigenvalue weighted by Gasteiger charge is -2.04. The number of nitrogens with two attached hydrogens (primary N) is 1. The highest BCUT2D eigenvalue weighted by molar-refractivity contribution is 14.1. The molecular formula is C6H3ClFIN2O2. The van der Waals surface area contributed by atoms with Crippen molar-refractivity contribution in [2.24, 2.45) is 0 Å². The molecule has 0 spiro atoms. The second-order valence-corrected chi connectivity index (χ2v) is 3.53. The maximum Gasteiger partial charge on any atom is 0.355 e. The summed E-state index contributed by atoms with van der Waals surface area (Å²) in [6.07, 6.45) is 0. The molecule has 0 aliphatic heterocycles. The van der Waals surface area contributed by atoms with Gasteiger partial charge in [-0.25, -0.2) is 14.2 Å². The van der Waals surface area contributed by atoms with E-state index >= 15 is 0 Å². The van der Waals surface area contributed by atoms with E-state index in [4.69, 9.17) is 22.4 Å². The third-order valence-corrected chi connectivity index (χ3v) is 2.62. The Morgan fingerprint density at radius 3 is 2.69 bits per heavy atom. The van der Waals surface area contributed by atoms with E-state index in [0.717, 1.165) is 0 Å². The molecule has 0 saturated carbocycles. The zero-order valence-electron chi connectivity index (χ0n) is 6.01. The number of hydrogen-bond acceptors (Lipinski definition) is 3. The monoisotopic (exact) mass is 316 g/mol. The van der Waals surface area contributed by atoms with E-state index in [9.17, 15) is 9.18 Å². The predicted octanol–water partition coefficient (Wildman–Crippen LogP) is 1.76. The van der Waals surface area contributed by atoms with Gasteiger partial charge in [-0.15, -0.1) is 0 Å². The lowest BCUT2D eigenvalue weighted by atomic mass is 10.3. The van der Waals surface area contributed by atoms with Crippen molar-refractivity contribution >= 4 is 45.8 Å². The Labute approximate surface area is 91.0 Å². The number of pyridine rings is 1. The van der Waals surface area contributed by atoms with Crippen molar-refractivity contribution in [3.63, 3.8) is 0 Å². The summed E-state index contributed by atoms with van der Waals surface area (Å²) in [5.41, 5.74) is 4.61. The van der Waals surface area contributed by atoms with Crippen LogP contribution in [0.3, 0.4) is 0 Å². The van der Waals surface area contributed by atoms with Crippen molar-refractivity contribution in [1.82, 2.24) is 4.98 Å². The van der Waals surface area contributed by atoms with Crippen molar-refractivity contribution in [3.8, 4) is 0 Å². The summed E-state index contributed by atoms with van der Waals surface area (Å²) in [5.74, 6) is -2.19. The highest BCUT2D eigenvalue weighted by Crippen LogP contribution is 2.25. The Hall–Kier alpha value is -0.630. The number of rotatable bonds is 1. The number of hydrogen-bond donors (Lipinski definition) is 2. The fourth-order valence-corrected chi connectivity index (χ4v) is 1.45. The van der Waals surface area contributed by atoms with Crippen LogP contribution in [0.1, 0.15) is 10.5 Å². The molecule has 1 rings (SSSR count). The molecule has 13 heavy (non-hydrogen) atoms. The van der Waals surface area contributed by atoms with Crippen LogP contribution in [0.15, 0.2) is 0 Å². The van der Waals surface area contributed by atoms with E-state index in [1.807, 2.05) is 0 Å². The zero-order valence-corrected chi connectivity index (χ0v) is 8.93. The van der Waals surface area contributed by atoms with Crippen LogP contribution >= 0.6 is 34.2 Å². The smallest absolute Gasteiger partial charge is 0.355 e. The molecule has 0 aliphatic rings. The van der Waals surface area contributed by atoms with E-state index in [1.54, 1.807) is 22.6 Å². The van der Waals surface area contributed by atoms with Crippen molar-refractivity contribution in [2.75, 3.05) is 5.73 Å². The number of nitrogens with zero attached hydrogens (tertiary/aromatic N) is 1. The molecule has 0 radical (unpaired) electrons. The summed E-state index contributed by atoms with van der Waals surface area (Å²) in [7, 11) is 0. The van der Waals surface area contributed by atoms with Gasteiger partial charge in [0, 0.05) is 0 Å². The van der Waals surface area contributed by atoms with Crippen molar-refractivity contribution in [2.45, 2.75) is 0 Å². The van der Waals surface area contributed by atoms with Crippen molar-refractivity contribution < 1.29 is 14.3 Å². The van der Waals surface area contributed by atoms with Gasteiger partial charge in [-0.2, -0.15) is 0 Å². The largest absolute Gasteiger partial charge is 0.476 e. The topological polar surface area (TPSA) is 76.2 Å². The quantitative estimate of drug-likeness (QED) is 0.611. The Morgan fingerprint density at radius 2 is 2.23 bits per heavy atom. The normalized spacial score (nSPS) is 10.1. The fourth-order valence-electron chi connectivity index (χ4n) is 0.673. The van der Waals surface area contributed by atoms with Gasteiger partial charge < -0.3 is 10.8 Å². The van der Waals surface area contributed by atoms with Crippen LogP contribution in [0.25, 0.3) is 0 Å². The molecule has 0 aromatic carbocycles. The van der Waals surface area contributed by atoms with Gasteiger partial charge in [-0.05, 0) is 22.6 Å². The van der Waals surface area contributed by atoms with Crippen LogP contribution in [0, 0.1) is 9.39 Å². The number of carboxylic acids is 1. The first kappa shape index (κ1) is 10.5. The number of halogens is 3. The number of nitrogen functional groups attached to an aromatic ring is 1. The summed E-state index contributed by atoms with van der Waals surface area (Å²) >= 11 is 6.90. The molecule has 1 heterocycles. The molecule has 3 N–H and O–H groups in total. The molecule has 1 aromatic rings. The van der Waals surface area contributed by atoms with E-state index in [2.05, 4.69) is 4.98 Å². The Bertz CT molecular complexity index is 385. The van der Waals surface area contributed by atoms with Crippen LogP contribution in [0.4, 0.5) is 10.1 Å². The molecule has 70 valence electrons. The molecule has 1 aromatic heterocycles. The predicted molar refractivity (Wildman–Crippen MR) is 53.3 cm³/mol. The van der Waals surface area contributed by atoms with Crippen molar-refractivity contribution in [3.05, 3.63) is 20.2 Å². The highest BCUT2D eigenvalue weighted by atomic mass is 127. The average molecular weight is 316 g/mol. The number of aromatic nitrogens is 1. The van der Waals surface area contributed by atoms with Gasteiger partial charge >= 0.3 is 5.97 Å². The van der Waals surface area contributed by atoms with E-state index in [0.29, 0.717) is 0 Å². The second-order valence-electron chi connectivity index (χ2n) is 2.10. The van der Waals surface area contributed by atoms with Gasteiger partial charge in [-0.3, -0.25) is 0 Å². The molecular weight excluding hydrogens is 313 g/mol. The van der Waals surface area contributed by atoms with Gasteiger partial charge in [0.1, 0.15) is 0 Å². The van der Waals surface area contributed by atoms with Crippen LogP contribution in [-0.2, 0) is 0 Å². The standard InChI is InChI=1S/C6H3ClFIN2O2/c7-5-1(8)3(10)2(9)4(11-5)6(12)13/h(H2,10,11)(H,12,13). The minimum atomic E-state index is -1.29. The second kappa shape index (κ2) is 3.62. The summed E-state index contributed by atoms with van der Waals surface area (Å²) in [5, 5.41) is 8.07. The average Bonchev–Trinajstić information content (AvgIpc) is 2.07. The summed E-state index contributed by atoms with van der Waals surface area (Å²) in [4.78, 5) is 13.9. The molecule has 0 atom stereocenters. The molecule has 0 unspecified atom stereocenters. The molecule has 0 amide bonds. The molecule has 0 saturated heterocycles. The van der Waals surface area contributed by atoms with Gasteiger partial charge in [-0.1, -0.05) is 11.6 Å². The van der Waals surface area contributed by atoms with Crippen LogP contribution < -0.4 is 5.73 Å². The molecule has 0 bridgehead atoms. The van der Waals surface area contributed by atoms with Gasteiger partial charge in [0.15, 0.2) is 16.7 Å². The third kappa shape index (κ3) is 1.83. The Kier molecular flexibility index (Phi) is 2.91. The lowest BCUT2D eigenvalue weighted by molar-refractivity contribution is 0.0689. The minimum absolute atomic E-state index is 0.0481. The van der Waals surface area contributed by atoms with Gasteiger partial charge in [0.25, 0.3) is 0 Å². The number of anilines is 1. The Morgan fingerprint density at radius 1 is 1.69 bits per heavy atom. The summed E-state index contributed by atoms with van der Waals surface area (Å²) in [6, 6.07) is 0. The summed E-state index contributed by atoms with van der Waals surface area (Å²) in [6.45, 7) is 0. The van der Waals surface area contributed by atoms with Gasteiger partial charge in [0.2, 0.25) is 0 Å². The first-order valence-corrected chi connectivity index (χ1v) is 4.44. The van der Waals surface area contributed by atoms with Crippen LogP contribution in [0.5, 0.6) is 0 Å². The maximum atomic E-state index is 12.9. The molecule has 0 fully saturated rings. The highest BCUT2D eigenvalue weighted by Gasteiger charge is 2.19. The van der Waals surface area contributed by atoms with Crippen molar-refractivity contribution in [1.29, 1.82) is 0 Å². The SMILES string of the molecule is Nc1c(F)c(Cl)nc(C(=O)O)c1I. The lowest BCUT2D eigenvalue weighted by Crippen LogP contribution is -2.08. The number of carbonyl (C=O) groups is 1. The first-order chi connectivity index (χ1) is 5.95. The van der Waals surface area contributed by atoms with Crippen LogP contribution in [-0.4, -0.2) is 16.1 Å². The number of carboxylic acid groups (broad SMARTS) is 1. The first-order valence-electron chi connectivity index (χ1n) is 2.98. The molecule has 0 aliphatic carbocycles. The van der Waals surface area contributed by atoms with E-state index in [-0.39, 0.29) is 15.0 Å². The maximum absolute atomic E-state index is 12.9. The fraction of sp³-hybridized carbons (Fsp3) is 0. The third-order valence-electron chi connectivity index (χ3n) is 1.27. The zero-order chi connectivity index (χ0) is 10.2. The summed E-state index contributed by atoms with van der Waals surface area (Å²) < 4.78 is 13.0. The minimum Gasteiger partial charge on any atom is -0.476 e.